The molecule has 4 nitrogen and oxygen atoms in total. The normalized spacial score (nSPS) is 16.5. The number of anilines is 1. The first-order valence-corrected chi connectivity index (χ1v) is 7.64. The maximum Gasteiger partial charge on any atom is 0.225 e. The number of nitrogens with zero attached hydrogens (tertiary/aromatic N) is 3. The number of halogens is 1. The van der Waals surface area contributed by atoms with E-state index in [2.05, 4.69) is 34.8 Å². The molecule has 0 unspecified atom stereocenters. The second-order valence-electron chi connectivity index (χ2n) is 4.94. The lowest BCUT2D eigenvalue weighted by atomic mass is 10.1. The van der Waals surface area contributed by atoms with Crippen LogP contribution in [0.1, 0.15) is 24.6 Å². The van der Waals surface area contributed by atoms with Crippen molar-refractivity contribution in [3.63, 3.8) is 0 Å². The van der Waals surface area contributed by atoms with E-state index in [0.717, 1.165) is 42.3 Å². The van der Waals surface area contributed by atoms with Crippen molar-refractivity contribution in [3.8, 4) is 0 Å². The number of hydrogen-bond donors (Lipinski definition) is 0. The summed E-state index contributed by atoms with van der Waals surface area (Å²) in [5, 5.41) is 1.44. The van der Waals surface area contributed by atoms with Crippen molar-refractivity contribution in [2.75, 3.05) is 31.2 Å². The van der Waals surface area contributed by atoms with Gasteiger partial charge in [0.2, 0.25) is 5.28 Å². The highest BCUT2D eigenvalue weighted by Crippen LogP contribution is 2.35. The van der Waals surface area contributed by atoms with Gasteiger partial charge < -0.3 is 9.64 Å². The number of fused-ring (bicyclic) bond motifs is 1. The van der Waals surface area contributed by atoms with Gasteiger partial charge in [0.05, 0.1) is 18.6 Å². The van der Waals surface area contributed by atoms with Crippen LogP contribution in [0, 0.1) is 0 Å². The van der Waals surface area contributed by atoms with Crippen molar-refractivity contribution in [3.05, 3.63) is 16.2 Å². The molecule has 0 aliphatic carbocycles. The molecule has 0 bridgehead atoms. The van der Waals surface area contributed by atoms with Crippen molar-refractivity contribution in [1.29, 1.82) is 0 Å². The van der Waals surface area contributed by atoms with Crippen LogP contribution in [0.4, 0.5) is 5.82 Å². The largest absolute Gasteiger partial charge is 0.378 e. The monoisotopic (exact) mass is 297 g/mol. The molecule has 1 saturated heterocycles. The van der Waals surface area contributed by atoms with Gasteiger partial charge in [0.15, 0.2) is 0 Å². The Labute approximate surface area is 121 Å². The van der Waals surface area contributed by atoms with Crippen LogP contribution >= 0.6 is 22.9 Å². The first kappa shape index (κ1) is 13.1. The van der Waals surface area contributed by atoms with Gasteiger partial charge in [-0.15, -0.1) is 11.3 Å². The molecule has 3 rings (SSSR count). The first-order chi connectivity index (χ1) is 9.15. The minimum atomic E-state index is 0.325. The molecule has 0 spiro atoms. The van der Waals surface area contributed by atoms with Gasteiger partial charge in [-0.2, -0.15) is 4.98 Å². The Morgan fingerprint density at radius 2 is 2.05 bits per heavy atom. The Morgan fingerprint density at radius 1 is 1.32 bits per heavy atom. The van der Waals surface area contributed by atoms with E-state index in [1.807, 2.05) is 0 Å². The fourth-order valence-corrected chi connectivity index (χ4v) is 3.44. The van der Waals surface area contributed by atoms with Gasteiger partial charge in [-0.25, -0.2) is 4.98 Å². The number of hydrogen-bond acceptors (Lipinski definition) is 5. The molecule has 0 saturated carbocycles. The summed E-state index contributed by atoms with van der Waals surface area (Å²) >= 11 is 7.76. The molecule has 0 aromatic carbocycles. The SMILES string of the molecule is CC(C)c1cc2c(N3CCOCC3)nc(Cl)nc2s1. The van der Waals surface area contributed by atoms with Crippen LogP contribution in [0.3, 0.4) is 0 Å². The van der Waals surface area contributed by atoms with E-state index in [0.29, 0.717) is 11.2 Å². The van der Waals surface area contributed by atoms with Gasteiger partial charge in [-0.3, -0.25) is 0 Å². The van der Waals surface area contributed by atoms with Crippen molar-refractivity contribution in [1.82, 2.24) is 9.97 Å². The Hall–Kier alpha value is -0.910. The number of thiophene rings is 1. The van der Waals surface area contributed by atoms with E-state index >= 15 is 0 Å². The standard InChI is InChI=1S/C13H16ClN3OS/c1-8(2)10-7-9-11(17-3-5-18-6-4-17)15-13(14)16-12(9)19-10/h7-8H,3-6H2,1-2H3. The zero-order valence-corrected chi connectivity index (χ0v) is 12.6. The van der Waals surface area contributed by atoms with Gasteiger partial charge in [-0.05, 0) is 23.6 Å². The molecule has 0 radical (unpaired) electrons. The minimum absolute atomic E-state index is 0.325. The third-order valence-electron chi connectivity index (χ3n) is 3.24. The van der Waals surface area contributed by atoms with E-state index in [9.17, 15) is 0 Å². The maximum atomic E-state index is 6.06. The van der Waals surface area contributed by atoms with Crippen molar-refractivity contribution >= 4 is 39.0 Å². The fourth-order valence-electron chi connectivity index (χ4n) is 2.20. The quantitative estimate of drug-likeness (QED) is 0.797. The lowest BCUT2D eigenvalue weighted by Crippen LogP contribution is -2.36. The van der Waals surface area contributed by atoms with Gasteiger partial charge >= 0.3 is 0 Å². The zero-order chi connectivity index (χ0) is 13.4. The van der Waals surface area contributed by atoms with Crippen LogP contribution in [-0.2, 0) is 4.74 Å². The predicted molar refractivity (Wildman–Crippen MR) is 79.5 cm³/mol. The lowest BCUT2D eigenvalue weighted by molar-refractivity contribution is 0.122. The molecule has 0 N–H and O–H groups in total. The summed E-state index contributed by atoms with van der Waals surface area (Å²) in [6.07, 6.45) is 0. The van der Waals surface area contributed by atoms with Gasteiger partial charge in [-0.1, -0.05) is 13.8 Å². The molecular formula is C13H16ClN3OS. The molecule has 0 amide bonds. The summed E-state index contributed by atoms with van der Waals surface area (Å²) in [5.74, 6) is 1.44. The van der Waals surface area contributed by atoms with E-state index in [1.165, 1.54) is 4.88 Å². The minimum Gasteiger partial charge on any atom is -0.378 e. The maximum absolute atomic E-state index is 6.06. The molecule has 1 aliphatic rings. The summed E-state index contributed by atoms with van der Waals surface area (Å²) in [6.45, 7) is 7.57. The molecule has 102 valence electrons. The van der Waals surface area contributed by atoms with E-state index in [-0.39, 0.29) is 0 Å². The zero-order valence-electron chi connectivity index (χ0n) is 11.0. The van der Waals surface area contributed by atoms with Gasteiger partial charge in [0.1, 0.15) is 10.6 Å². The third kappa shape index (κ3) is 2.55. The number of aromatic nitrogens is 2. The van der Waals surface area contributed by atoms with E-state index in [1.54, 1.807) is 11.3 Å². The number of rotatable bonds is 2. The second kappa shape index (κ2) is 5.23. The van der Waals surface area contributed by atoms with Gasteiger partial charge in [0, 0.05) is 18.0 Å². The summed E-state index contributed by atoms with van der Waals surface area (Å²) in [6, 6.07) is 2.20. The Kier molecular flexibility index (Phi) is 3.60. The Morgan fingerprint density at radius 3 is 2.74 bits per heavy atom. The summed E-state index contributed by atoms with van der Waals surface area (Å²) in [5.41, 5.74) is 0. The predicted octanol–water partition coefficient (Wildman–Crippen LogP) is 3.30. The van der Waals surface area contributed by atoms with Crippen LogP contribution in [-0.4, -0.2) is 36.3 Å². The summed E-state index contributed by atoms with van der Waals surface area (Å²) < 4.78 is 5.39. The molecule has 1 fully saturated rings. The number of ether oxygens (including phenoxy) is 1. The summed E-state index contributed by atoms with van der Waals surface area (Å²) in [7, 11) is 0. The second-order valence-corrected chi connectivity index (χ2v) is 6.34. The molecule has 6 heteroatoms. The highest BCUT2D eigenvalue weighted by atomic mass is 35.5. The highest BCUT2D eigenvalue weighted by Gasteiger charge is 2.19. The highest BCUT2D eigenvalue weighted by molar-refractivity contribution is 7.18. The van der Waals surface area contributed by atoms with Crippen molar-refractivity contribution < 1.29 is 4.74 Å². The molecule has 19 heavy (non-hydrogen) atoms. The van der Waals surface area contributed by atoms with Crippen LogP contribution < -0.4 is 4.90 Å². The smallest absolute Gasteiger partial charge is 0.225 e. The third-order valence-corrected chi connectivity index (χ3v) is 4.74. The van der Waals surface area contributed by atoms with Crippen molar-refractivity contribution in [2.45, 2.75) is 19.8 Å². The molecule has 2 aromatic heterocycles. The lowest BCUT2D eigenvalue weighted by Gasteiger charge is -2.28. The molecule has 1 aliphatic heterocycles. The average Bonchev–Trinajstić information content (AvgIpc) is 2.82. The molecule has 3 heterocycles. The number of morpholine rings is 1. The average molecular weight is 298 g/mol. The fraction of sp³-hybridized carbons (Fsp3) is 0.538. The topological polar surface area (TPSA) is 38.2 Å². The van der Waals surface area contributed by atoms with Crippen LogP contribution in [0.5, 0.6) is 0 Å². The Balaban J connectivity index is 2.10. The van der Waals surface area contributed by atoms with Crippen LogP contribution in [0.2, 0.25) is 5.28 Å². The first-order valence-electron chi connectivity index (χ1n) is 6.45. The molecule has 2 aromatic rings. The molecular weight excluding hydrogens is 282 g/mol. The van der Waals surface area contributed by atoms with Crippen molar-refractivity contribution in [2.24, 2.45) is 0 Å². The summed E-state index contributed by atoms with van der Waals surface area (Å²) in [4.78, 5) is 13.3. The van der Waals surface area contributed by atoms with Gasteiger partial charge in [0.25, 0.3) is 0 Å². The Bertz CT molecular complexity index is 593. The van der Waals surface area contributed by atoms with Crippen LogP contribution in [0.15, 0.2) is 6.07 Å². The van der Waals surface area contributed by atoms with E-state index < -0.39 is 0 Å². The van der Waals surface area contributed by atoms with Crippen LogP contribution in [0.25, 0.3) is 10.2 Å². The molecule has 0 atom stereocenters. The van der Waals surface area contributed by atoms with E-state index in [4.69, 9.17) is 16.3 Å².